The highest BCUT2D eigenvalue weighted by molar-refractivity contribution is 7.98. The van der Waals surface area contributed by atoms with Crippen molar-refractivity contribution in [3.8, 4) is 11.4 Å². The van der Waals surface area contributed by atoms with Crippen LogP contribution in [0.5, 0.6) is 0 Å². The molecule has 164 valence electrons. The van der Waals surface area contributed by atoms with Crippen molar-refractivity contribution < 1.29 is 9.26 Å². The van der Waals surface area contributed by atoms with E-state index in [0.717, 1.165) is 61.7 Å². The van der Waals surface area contributed by atoms with Crippen molar-refractivity contribution in [3.05, 3.63) is 36.2 Å². The number of benzene rings is 1. The van der Waals surface area contributed by atoms with Crippen molar-refractivity contribution in [2.45, 2.75) is 56.2 Å². The van der Waals surface area contributed by atoms with Crippen LogP contribution in [0.1, 0.15) is 38.5 Å². The summed E-state index contributed by atoms with van der Waals surface area (Å²) in [5.74, 6) is 3.49. The van der Waals surface area contributed by atoms with Crippen molar-refractivity contribution in [1.29, 1.82) is 0 Å². The second-order valence-corrected chi connectivity index (χ2v) is 9.31. The second kappa shape index (κ2) is 9.40. The van der Waals surface area contributed by atoms with Crippen LogP contribution in [0.4, 0.5) is 5.95 Å². The fraction of sp³-hybridized carbons (Fsp3) is 0.545. The topological polar surface area (TPSA) is 82.1 Å². The van der Waals surface area contributed by atoms with Crippen LogP contribution >= 0.6 is 11.8 Å². The summed E-state index contributed by atoms with van der Waals surface area (Å²) in [6.45, 7) is 6.01. The first-order chi connectivity index (χ1) is 15.3. The smallest absolute Gasteiger partial charge is 0.237 e. The van der Waals surface area contributed by atoms with Gasteiger partial charge in [0.2, 0.25) is 17.7 Å². The van der Waals surface area contributed by atoms with Gasteiger partial charge in [-0.05, 0) is 31.6 Å². The maximum atomic E-state index is 5.91. The van der Waals surface area contributed by atoms with E-state index >= 15 is 0 Å². The van der Waals surface area contributed by atoms with E-state index in [4.69, 9.17) is 9.26 Å². The van der Waals surface area contributed by atoms with Crippen molar-refractivity contribution in [2.75, 3.05) is 24.6 Å². The van der Waals surface area contributed by atoms with Gasteiger partial charge < -0.3 is 14.2 Å². The quantitative estimate of drug-likeness (QED) is 0.509. The molecule has 2 aliphatic heterocycles. The number of hydrogen-bond acceptors (Lipinski definition) is 8. The van der Waals surface area contributed by atoms with Gasteiger partial charge in [0.25, 0.3) is 0 Å². The highest BCUT2D eigenvalue weighted by Gasteiger charge is 2.26. The molecule has 0 saturated carbocycles. The average Bonchev–Trinajstić information content (AvgIpc) is 3.56. The molecule has 2 aromatic heterocycles. The number of nitrogens with zero attached hydrogens (tertiary/aromatic N) is 6. The molecule has 0 amide bonds. The minimum atomic E-state index is 0.228. The van der Waals surface area contributed by atoms with Gasteiger partial charge >= 0.3 is 0 Å². The number of piperidine rings is 1. The van der Waals surface area contributed by atoms with Crippen LogP contribution < -0.4 is 4.90 Å². The highest BCUT2D eigenvalue weighted by Crippen LogP contribution is 2.29. The Morgan fingerprint density at radius 2 is 1.94 bits per heavy atom. The number of aromatic nitrogens is 5. The molecule has 0 aliphatic carbocycles. The summed E-state index contributed by atoms with van der Waals surface area (Å²) in [6, 6.07) is 9.87. The standard InChI is InChI=1S/C22H28N6O2S/c1-16-9-11-27(12-10-16)21-24-25-22(28(21)14-18-8-5-13-29-18)31-15-19-23-20(26-30-19)17-6-3-2-4-7-17/h2-4,6-7,16,18H,5,8-15H2,1H3/t18-/m0/s1. The van der Waals surface area contributed by atoms with E-state index < -0.39 is 0 Å². The fourth-order valence-electron chi connectivity index (χ4n) is 4.13. The minimum Gasteiger partial charge on any atom is -0.376 e. The number of ether oxygens (including phenoxy) is 1. The molecule has 8 nitrogen and oxygen atoms in total. The molecule has 2 fully saturated rings. The van der Waals surface area contributed by atoms with E-state index in [1.807, 2.05) is 30.3 Å². The SMILES string of the molecule is CC1CCN(c2nnc(SCc3nc(-c4ccccc4)no3)n2C[C@@H]2CCCO2)CC1. The molecule has 2 aliphatic rings. The maximum absolute atomic E-state index is 5.91. The zero-order valence-corrected chi connectivity index (χ0v) is 18.6. The third kappa shape index (κ3) is 4.77. The molecule has 1 aromatic carbocycles. The molecular weight excluding hydrogens is 412 g/mol. The summed E-state index contributed by atoms with van der Waals surface area (Å²) in [6.07, 6.45) is 4.82. The molecular formula is C22H28N6O2S. The summed E-state index contributed by atoms with van der Waals surface area (Å²) < 4.78 is 13.6. The lowest BCUT2D eigenvalue weighted by atomic mass is 10.00. The largest absolute Gasteiger partial charge is 0.376 e. The molecule has 3 aromatic rings. The third-order valence-electron chi connectivity index (χ3n) is 6.00. The highest BCUT2D eigenvalue weighted by atomic mass is 32.2. The molecule has 5 rings (SSSR count). The Balaban J connectivity index is 1.31. The Morgan fingerprint density at radius 1 is 1.10 bits per heavy atom. The second-order valence-electron chi connectivity index (χ2n) is 8.36. The lowest BCUT2D eigenvalue weighted by Gasteiger charge is -2.31. The molecule has 0 unspecified atom stereocenters. The molecule has 0 radical (unpaired) electrons. The van der Waals surface area contributed by atoms with E-state index in [-0.39, 0.29) is 6.10 Å². The Hall–Kier alpha value is -2.39. The summed E-state index contributed by atoms with van der Waals surface area (Å²) in [5.41, 5.74) is 0.950. The molecule has 2 saturated heterocycles. The van der Waals surface area contributed by atoms with Gasteiger partial charge in [0.15, 0.2) is 5.16 Å². The monoisotopic (exact) mass is 440 g/mol. The van der Waals surface area contributed by atoms with E-state index in [2.05, 4.69) is 36.7 Å². The van der Waals surface area contributed by atoms with Gasteiger partial charge in [-0.2, -0.15) is 4.98 Å². The summed E-state index contributed by atoms with van der Waals surface area (Å²) in [4.78, 5) is 6.91. The van der Waals surface area contributed by atoms with E-state index in [1.54, 1.807) is 11.8 Å². The van der Waals surface area contributed by atoms with Crippen LogP contribution in [0.25, 0.3) is 11.4 Å². The molecule has 4 heterocycles. The Bertz CT molecular complexity index is 977. The summed E-state index contributed by atoms with van der Waals surface area (Å²) in [7, 11) is 0. The first-order valence-electron chi connectivity index (χ1n) is 11.1. The zero-order valence-electron chi connectivity index (χ0n) is 17.8. The van der Waals surface area contributed by atoms with E-state index in [1.165, 1.54) is 12.8 Å². The maximum Gasteiger partial charge on any atom is 0.237 e. The molecule has 0 bridgehead atoms. The van der Waals surface area contributed by atoms with Crippen LogP contribution in [0.2, 0.25) is 0 Å². The first kappa shape index (κ1) is 20.5. The lowest BCUT2D eigenvalue weighted by Crippen LogP contribution is -2.35. The van der Waals surface area contributed by atoms with Crippen molar-refractivity contribution in [2.24, 2.45) is 5.92 Å². The lowest BCUT2D eigenvalue weighted by molar-refractivity contribution is 0.0951. The molecule has 0 N–H and O–H groups in total. The summed E-state index contributed by atoms with van der Waals surface area (Å²) in [5, 5.41) is 14.1. The Kier molecular flexibility index (Phi) is 6.22. The average molecular weight is 441 g/mol. The van der Waals surface area contributed by atoms with Gasteiger partial charge in [-0.1, -0.05) is 54.2 Å². The molecule has 9 heteroatoms. The van der Waals surface area contributed by atoms with Crippen molar-refractivity contribution in [1.82, 2.24) is 24.9 Å². The van der Waals surface area contributed by atoms with Crippen LogP contribution in [0.3, 0.4) is 0 Å². The van der Waals surface area contributed by atoms with Crippen LogP contribution in [0, 0.1) is 5.92 Å². The predicted molar refractivity (Wildman–Crippen MR) is 119 cm³/mol. The first-order valence-corrected chi connectivity index (χ1v) is 12.1. The third-order valence-corrected chi connectivity index (χ3v) is 6.95. The Morgan fingerprint density at radius 3 is 2.71 bits per heavy atom. The number of rotatable bonds is 7. The van der Waals surface area contributed by atoms with Crippen molar-refractivity contribution >= 4 is 17.7 Å². The van der Waals surface area contributed by atoms with Gasteiger partial charge in [-0.25, -0.2) is 0 Å². The van der Waals surface area contributed by atoms with Crippen LogP contribution in [-0.4, -0.2) is 50.7 Å². The zero-order chi connectivity index (χ0) is 21.0. The minimum absolute atomic E-state index is 0.228. The number of hydrogen-bond donors (Lipinski definition) is 0. The van der Waals surface area contributed by atoms with Gasteiger partial charge in [0.1, 0.15) is 0 Å². The molecule has 1 atom stereocenters. The van der Waals surface area contributed by atoms with Crippen molar-refractivity contribution in [3.63, 3.8) is 0 Å². The van der Waals surface area contributed by atoms with Crippen LogP contribution in [-0.2, 0) is 17.0 Å². The van der Waals surface area contributed by atoms with E-state index in [0.29, 0.717) is 17.5 Å². The fourth-order valence-corrected chi connectivity index (χ4v) is 4.91. The predicted octanol–water partition coefficient (Wildman–Crippen LogP) is 4.04. The van der Waals surface area contributed by atoms with Gasteiger partial charge in [0, 0.05) is 25.3 Å². The van der Waals surface area contributed by atoms with E-state index in [9.17, 15) is 0 Å². The normalized spacial score (nSPS) is 19.9. The summed E-state index contributed by atoms with van der Waals surface area (Å²) >= 11 is 1.59. The Labute approximate surface area is 186 Å². The van der Waals surface area contributed by atoms with Crippen LogP contribution in [0.15, 0.2) is 40.0 Å². The number of thioether (sulfide) groups is 1. The molecule has 0 spiro atoms. The number of anilines is 1. The van der Waals surface area contributed by atoms with Gasteiger partial charge in [-0.15, -0.1) is 10.2 Å². The van der Waals surface area contributed by atoms with Gasteiger partial charge in [0.05, 0.1) is 18.4 Å². The molecule has 31 heavy (non-hydrogen) atoms. The van der Waals surface area contributed by atoms with Gasteiger partial charge in [-0.3, -0.25) is 4.57 Å².